The molecule has 0 bridgehead atoms. The molecule has 1 unspecified atom stereocenters. The molecular formula is C14H15F5N2O4. The van der Waals surface area contributed by atoms with Crippen molar-refractivity contribution in [3.8, 4) is 5.75 Å². The number of ether oxygens (including phenoxy) is 1. The van der Waals surface area contributed by atoms with Crippen LogP contribution in [0.3, 0.4) is 0 Å². The highest BCUT2D eigenvalue weighted by molar-refractivity contribution is 5.89. The summed E-state index contributed by atoms with van der Waals surface area (Å²) < 4.78 is 66.9. The SMILES string of the molecule is CC(CN(C)C(=O)Nc1ccc(OC(F)F)c(C(F)(F)F)c1)C(=O)O. The van der Waals surface area contributed by atoms with Crippen LogP contribution in [0.4, 0.5) is 32.4 Å². The van der Waals surface area contributed by atoms with Crippen LogP contribution < -0.4 is 10.1 Å². The molecule has 0 heterocycles. The van der Waals surface area contributed by atoms with Crippen LogP contribution >= 0.6 is 0 Å². The zero-order chi connectivity index (χ0) is 19.4. The van der Waals surface area contributed by atoms with E-state index in [9.17, 15) is 31.5 Å². The molecule has 2 amide bonds. The Labute approximate surface area is 139 Å². The molecular weight excluding hydrogens is 355 g/mol. The molecule has 0 aliphatic rings. The molecule has 0 saturated heterocycles. The van der Waals surface area contributed by atoms with Gasteiger partial charge in [-0.05, 0) is 18.2 Å². The first-order chi connectivity index (χ1) is 11.4. The molecule has 0 spiro atoms. The lowest BCUT2D eigenvalue weighted by atomic mass is 10.1. The molecule has 0 aliphatic heterocycles. The van der Waals surface area contributed by atoms with Crippen molar-refractivity contribution in [3.05, 3.63) is 23.8 Å². The highest BCUT2D eigenvalue weighted by atomic mass is 19.4. The van der Waals surface area contributed by atoms with E-state index < -0.39 is 42.0 Å². The molecule has 0 aliphatic carbocycles. The van der Waals surface area contributed by atoms with Gasteiger partial charge in [0.2, 0.25) is 0 Å². The number of benzene rings is 1. The molecule has 140 valence electrons. The Morgan fingerprint density at radius 3 is 2.40 bits per heavy atom. The summed E-state index contributed by atoms with van der Waals surface area (Å²) in [6.07, 6.45) is -4.98. The Balaban J connectivity index is 2.95. The van der Waals surface area contributed by atoms with Gasteiger partial charge in [0, 0.05) is 19.3 Å². The van der Waals surface area contributed by atoms with Crippen molar-refractivity contribution < 1.29 is 41.4 Å². The van der Waals surface area contributed by atoms with Gasteiger partial charge in [-0.2, -0.15) is 22.0 Å². The van der Waals surface area contributed by atoms with E-state index in [1.807, 2.05) is 0 Å². The first-order valence-corrected chi connectivity index (χ1v) is 6.82. The van der Waals surface area contributed by atoms with Gasteiger partial charge < -0.3 is 20.1 Å². The number of alkyl halides is 5. The number of carbonyl (C=O) groups is 2. The van der Waals surface area contributed by atoms with Crippen LogP contribution in [-0.2, 0) is 11.0 Å². The van der Waals surface area contributed by atoms with Gasteiger partial charge in [-0.25, -0.2) is 4.79 Å². The second-order valence-electron chi connectivity index (χ2n) is 5.14. The molecule has 0 aromatic heterocycles. The minimum Gasteiger partial charge on any atom is -0.481 e. The summed E-state index contributed by atoms with van der Waals surface area (Å²) in [5.74, 6) is -3.11. The smallest absolute Gasteiger partial charge is 0.420 e. The lowest BCUT2D eigenvalue weighted by molar-refractivity contribution is -0.142. The molecule has 2 N–H and O–H groups in total. The van der Waals surface area contributed by atoms with Crippen molar-refractivity contribution in [3.63, 3.8) is 0 Å². The number of amides is 2. The number of urea groups is 1. The van der Waals surface area contributed by atoms with E-state index in [1.165, 1.54) is 14.0 Å². The summed E-state index contributed by atoms with van der Waals surface area (Å²) in [5, 5.41) is 10.9. The van der Waals surface area contributed by atoms with E-state index in [2.05, 4.69) is 10.1 Å². The number of halogens is 5. The summed E-state index contributed by atoms with van der Waals surface area (Å²) >= 11 is 0. The summed E-state index contributed by atoms with van der Waals surface area (Å²) in [4.78, 5) is 23.6. The van der Waals surface area contributed by atoms with Crippen molar-refractivity contribution in [2.45, 2.75) is 19.7 Å². The van der Waals surface area contributed by atoms with E-state index in [0.29, 0.717) is 12.1 Å². The summed E-state index contributed by atoms with van der Waals surface area (Å²) in [7, 11) is 1.26. The number of aliphatic carboxylic acids is 1. The van der Waals surface area contributed by atoms with Gasteiger partial charge in [-0.3, -0.25) is 4.79 Å². The molecule has 0 radical (unpaired) electrons. The van der Waals surface area contributed by atoms with E-state index in [4.69, 9.17) is 5.11 Å². The number of carboxylic acids is 1. The maximum Gasteiger partial charge on any atom is 0.420 e. The average Bonchev–Trinajstić information content (AvgIpc) is 2.46. The molecule has 1 aromatic rings. The lowest BCUT2D eigenvalue weighted by Crippen LogP contribution is -2.36. The van der Waals surface area contributed by atoms with Crippen LogP contribution in [0.25, 0.3) is 0 Å². The van der Waals surface area contributed by atoms with Crippen molar-refractivity contribution in [2.24, 2.45) is 5.92 Å². The topological polar surface area (TPSA) is 78.9 Å². The van der Waals surface area contributed by atoms with Gasteiger partial charge in [-0.1, -0.05) is 6.92 Å². The third-order valence-corrected chi connectivity index (χ3v) is 3.07. The number of hydrogen-bond donors (Lipinski definition) is 2. The van der Waals surface area contributed by atoms with Gasteiger partial charge in [0.1, 0.15) is 5.75 Å². The molecule has 1 aromatic carbocycles. The number of anilines is 1. The fraction of sp³-hybridized carbons (Fsp3) is 0.429. The fourth-order valence-corrected chi connectivity index (χ4v) is 1.82. The minimum absolute atomic E-state index is 0.181. The summed E-state index contributed by atoms with van der Waals surface area (Å²) in [6, 6.07) is 1.21. The van der Waals surface area contributed by atoms with Crippen LogP contribution in [-0.4, -0.2) is 42.2 Å². The molecule has 0 fully saturated rings. The number of hydrogen-bond acceptors (Lipinski definition) is 3. The maximum absolute atomic E-state index is 12.9. The monoisotopic (exact) mass is 370 g/mol. The molecule has 11 heteroatoms. The Kier molecular flexibility index (Phi) is 6.54. The van der Waals surface area contributed by atoms with Gasteiger partial charge in [-0.15, -0.1) is 0 Å². The molecule has 6 nitrogen and oxygen atoms in total. The third kappa shape index (κ3) is 6.08. The number of carbonyl (C=O) groups excluding carboxylic acids is 1. The average molecular weight is 370 g/mol. The van der Waals surface area contributed by atoms with Crippen molar-refractivity contribution >= 4 is 17.7 Å². The molecule has 1 rings (SSSR count). The first-order valence-electron chi connectivity index (χ1n) is 6.82. The second kappa shape index (κ2) is 7.99. The van der Waals surface area contributed by atoms with E-state index >= 15 is 0 Å². The zero-order valence-electron chi connectivity index (χ0n) is 13.1. The fourth-order valence-electron chi connectivity index (χ4n) is 1.82. The lowest BCUT2D eigenvalue weighted by Gasteiger charge is -2.21. The Morgan fingerprint density at radius 2 is 1.92 bits per heavy atom. The molecule has 25 heavy (non-hydrogen) atoms. The number of carboxylic acid groups (broad SMARTS) is 1. The minimum atomic E-state index is -4.98. The maximum atomic E-state index is 12.9. The molecule has 1 atom stereocenters. The Bertz CT molecular complexity index is 636. The Hall–Kier alpha value is -2.59. The van der Waals surface area contributed by atoms with Gasteiger partial charge in [0.05, 0.1) is 11.5 Å². The predicted molar refractivity (Wildman–Crippen MR) is 76.5 cm³/mol. The highest BCUT2D eigenvalue weighted by Crippen LogP contribution is 2.38. The number of nitrogens with zero attached hydrogens (tertiary/aromatic N) is 1. The van der Waals surface area contributed by atoms with Gasteiger partial charge in [0.15, 0.2) is 0 Å². The summed E-state index contributed by atoms with van der Waals surface area (Å²) in [5.41, 5.74) is -1.79. The van der Waals surface area contributed by atoms with Crippen molar-refractivity contribution in [1.29, 1.82) is 0 Å². The largest absolute Gasteiger partial charge is 0.481 e. The normalized spacial score (nSPS) is 12.6. The third-order valence-electron chi connectivity index (χ3n) is 3.07. The van der Waals surface area contributed by atoms with Gasteiger partial charge in [0.25, 0.3) is 0 Å². The summed E-state index contributed by atoms with van der Waals surface area (Å²) in [6.45, 7) is -2.27. The van der Waals surface area contributed by atoms with Gasteiger partial charge >= 0.3 is 24.8 Å². The zero-order valence-corrected chi connectivity index (χ0v) is 13.1. The van der Waals surface area contributed by atoms with Crippen LogP contribution in [0.2, 0.25) is 0 Å². The van der Waals surface area contributed by atoms with Crippen LogP contribution in [0, 0.1) is 5.92 Å². The molecule has 0 saturated carbocycles. The van der Waals surface area contributed by atoms with E-state index in [1.54, 1.807) is 0 Å². The van der Waals surface area contributed by atoms with E-state index in [-0.39, 0.29) is 12.2 Å². The first kappa shape index (κ1) is 20.5. The number of nitrogens with one attached hydrogen (secondary N) is 1. The van der Waals surface area contributed by atoms with Crippen molar-refractivity contribution in [1.82, 2.24) is 4.90 Å². The Morgan fingerprint density at radius 1 is 1.32 bits per heavy atom. The predicted octanol–water partition coefficient (Wildman–Crippen LogP) is 3.49. The van der Waals surface area contributed by atoms with Crippen LogP contribution in [0.5, 0.6) is 5.75 Å². The standard InChI is InChI=1S/C14H15F5N2O4/c1-7(11(22)23)6-21(2)13(24)20-8-3-4-10(25-12(15)16)9(5-8)14(17,18)19/h3-5,7,12H,6H2,1-2H3,(H,20,24)(H,22,23). The quantitative estimate of drug-likeness (QED) is 0.752. The van der Waals surface area contributed by atoms with E-state index in [0.717, 1.165) is 11.0 Å². The highest BCUT2D eigenvalue weighted by Gasteiger charge is 2.35. The van der Waals surface area contributed by atoms with Crippen molar-refractivity contribution in [2.75, 3.05) is 18.9 Å². The van der Waals surface area contributed by atoms with Crippen LogP contribution in [0.1, 0.15) is 12.5 Å². The number of rotatable bonds is 6. The second-order valence-corrected chi connectivity index (χ2v) is 5.14. The van der Waals surface area contributed by atoms with Crippen LogP contribution in [0.15, 0.2) is 18.2 Å².